The highest BCUT2D eigenvalue weighted by atomic mass is 16.5. The van der Waals surface area contributed by atoms with Crippen molar-refractivity contribution in [3.8, 4) is 0 Å². The second-order valence-electron chi connectivity index (χ2n) is 6.48. The van der Waals surface area contributed by atoms with Crippen LogP contribution in [0.4, 0.5) is 0 Å². The Balaban J connectivity index is 2.02. The third-order valence-electron chi connectivity index (χ3n) is 4.55. The highest BCUT2D eigenvalue weighted by molar-refractivity contribution is 5.06. The Bertz CT molecular complexity index is 215. The van der Waals surface area contributed by atoms with E-state index in [9.17, 15) is 0 Å². The zero-order valence-corrected chi connectivity index (χ0v) is 10.3. The van der Waals surface area contributed by atoms with Crippen LogP contribution in [0.2, 0.25) is 0 Å². The van der Waals surface area contributed by atoms with Crippen LogP contribution in [0, 0.1) is 17.3 Å². The lowest BCUT2D eigenvalue weighted by molar-refractivity contribution is -0.194. The van der Waals surface area contributed by atoms with Crippen molar-refractivity contribution in [3.63, 3.8) is 0 Å². The van der Waals surface area contributed by atoms with E-state index in [0.29, 0.717) is 11.5 Å². The Morgan fingerprint density at radius 2 is 1.57 bits per heavy atom. The Morgan fingerprint density at radius 3 is 1.93 bits per heavy atom. The van der Waals surface area contributed by atoms with Crippen LogP contribution >= 0.6 is 0 Å². The normalized spacial score (nSPS) is 45.0. The molecule has 0 aromatic heterocycles. The largest absolute Gasteiger partial charge is 0.373 e. The summed E-state index contributed by atoms with van der Waals surface area (Å²) in [6.45, 7) is 11.5. The Kier molecular flexibility index (Phi) is 2.23. The van der Waals surface area contributed by atoms with E-state index in [0.717, 1.165) is 11.8 Å². The molecule has 0 aromatic rings. The Morgan fingerprint density at radius 1 is 1.07 bits per heavy atom. The minimum absolute atomic E-state index is 0.178. The van der Waals surface area contributed by atoms with Crippen LogP contribution in [-0.4, -0.2) is 11.7 Å². The van der Waals surface area contributed by atoms with Crippen molar-refractivity contribution in [1.29, 1.82) is 0 Å². The van der Waals surface area contributed by atoms with Gasteiger partial charge in [0, 0.05) is 0 Å². The van der Waals surface area contributed by atoms with Crippen molar-refractivity contribution in [2.45, 2.75) is 65.6 Å². The molecule has 1 unspecified atom stereocenters. The molecule has 2 bridgehead atoms. The molecule has 0 aliphatic heterocycles. The third kappa shape index (κ3) is 1.50. The zero-order valence-electron chi connectivity index (χ0n) is 10.3. The Hall–Kier alpha value is -0.0400. The molecule has 3 saturated carbocycles. The molecule has 0 radical (unpaired) electrons. The van der Waals surface area contributed by atoms with Gasteiger partial charge in [-0.3, -0.25) is 0 Å². The summed E-state index contributed by atoms with van der Waals surface area (Å²) in [5.41, 5.74) is 0.775. The van der Waals surface area contributed by atoms with Crippen molar-refractivity contribution in [1.82, 2.24) is 0 Å². The summed E-state index contributed by atoms with van der Waals surface area (Å²) < 4.78 is 6.07. The van der Waals surface area contributed by atoms with Crippen LogP contribution in [-0.2, 0) is 4.74 Å². The predicted octanol–water partition coefficient (Wildman–Crippen LogP) is 3.63. The summed E-state index contributed by atoms with van der Waals surface area (Å²) in [6, 6.07) is 0. The van der Waals surface area contributed by atoms with E-state index in [1.807, 2.05) is 0 Å². The topological polar surface area (TPSA) is 9.23 Å². The molecule has 0 amide bonds. The fraction of sp³-hybridized carbons (Fsp3) is 1.00. The lowest BCUT2D eigenvalue weighted by Gasteiger charge is -2.62. The average molecular weight is 196 g/mol. The van der Waals surface area contributed by atoms with Crippen LogP contribution in [0.5, 0.6) is 0 Å². The molecular weight excluding hydrogens is 172 g/mol. The highest BCUT2D eigenvalue weighted by Gasteiger charge is 2.56. The quantitative estimate of drug-likeness (QED) is 0.655. The van der Waals surface area contributed by atoms with Crippen LogP contribution in [0.1, 0.15) is 53.9 Å². The summed E-state index contributed by atoms with van der Waals surface area (Å²) in [5, 5.41) is 0. The number of hydrogen-bond acceptors (Lipinski definition) is 1. The van der Waals surface area contributed by atoms with Gasteiger partial charge in [-0.1, -0.05) is 13.8 Å². The van der Waals surface area contributed by atoms with Crippen LogP contribution < -0.4 is 0 Å². The van der Waals surface area contributed by atoms with Gasteiger partial charge in [-0.2, -0.15) is 0 Å². The van der Waals surface area contributed by atoms with E-state index in [2.05, 4.69) is 34.6 Å². The van der Waals surface area contributed by atoms with E-state index in [1.54, 1.807) is 0 Å². The SMILES string of the molecule is CC(C)OC1(C)C[C@H]2C[C@@H](C1)C2(C)C. The second kappa shape index (κ2) is 2.98. The first kappa shape index (κ1) is 10.5. The standard InChI is InChI=1S/C13H24O/c1-9(2)14-13(5)7-10-6-11(8-13)12(10,3)4/h9-11H,6-8H2,1-5H3/t10-,11+,13?. The molecule has 82 valence electrons. The first-order valence-electron chi connectivity index (χ1n) is 6.01. The maximum Gasteiger partial charge on any atom is 0.0663 e. The molecule has 3 fully saturated rings. The molecular formula is C13H24O. The maximum atomic E-state index is 6.07. The fourth-order valence-corrected chi connectivity index (χ4v) is 3.61. The molecule has 1 heteroatoms. The van der Waals surface area contributed by atoms with E-state index >= 15 is 0 Å². The first-order valence-corrected chi connectivity index (χ1v) is 6.01. The van der Waals surface area contributed by atoms with Gasteiger partial charge < -0.3 is 4.74 Å². The van der Waals surface area contributed by atoms with E-state index < -0.39 is 0 Å². The average Bonchev–Trinajstić information content (AvgIpc) is 2.01. The Labute approximate surface area is 88.2 Å². The van der Waals surface area contributed by atoms with Crippen molar-refractivity contribution in [2.75, 3.05) is 0 Å². The zero-order chi connectivity index (χ0) is 10.6. The third-order valence-corrected chi connectivity index (χ3v) is 4.55. The fourth-order valence-electron chi connectivity index (χ4n) is 3.61. The van der Waals surface area contributed by atoms with Crippen molar-refractivity contribution >= 4 is 0 Å². The maximum absolute atomic E-state index is 6.07. The molecule has 1 nitrogen and oxygen atoms in total. The molecule has 0 spiro atoms. The van der Waals surface area contributed by atoms with E-state index in [1.165, 1.54) is 19.3 Å². The number of rotatable bonds is 2. The van der Waals surface area contributed by atoms with Gasteiger partial charge in [0.2, 0.25) is 0 Å². The van der Waals surface area contributed by atoms with Gasteiger partial charge in [0.1, 0.15) is 0 Å². The van der Waals surface area contributed by atoms with E-state index in [4.69, 9.17) is 4.74 Å². The van der Waals surface area contributed by atoms with Gasteiger partial charge >= 0.3 is 0 Å². The summed E-state index contributed by atoms with van der Waals surface area (Å²) in [5.74, 6) is 1.81. The van der Waals surface area contributed by atoms with Gasteiger partial charge in [-0.05, 0) is 57.3 Å². The minimum Gasteiger partial charge on any atom is -0.373 e. The number of fused-ring (bicyclic) bond motifs is 2. The summed E-state index contributed by atoms with van der Waals surface area (Å²) in [4.78, 5) is 0. The molecule has 0 N–H and O–H groups in total. The van der Waals surface area contributed by atoms with Crippen LogP contribution in [0.3, 0.4) is 0 Å². The van der Waals surface area contributed by atoms with Gasteiger partial charge in [0.15, 0.2) is 0 Å². The van der Waals surface area contributed by atoms with E-state index in [-0.39, 0.29) is 5.60 Å². The monoisotopic (exact) mass is 196 g/mol. The lowest BCUT2D eigenvalue weighted by Crippen LogP contribution is -2.57. The van der Waals surface area contributed by atoms with Gasteiger partial charge in [0.05, 0.1) is 11.7 Å². The molecule has 3 aliphatic carbocycles. The number of hydrogen-bond donors (Lipinski definition) is 0. The minimum atomic E-state index is 0.178. The van der Waals surface area contributed by atoms with Crippen LogP contribution in [0.15, 0.2) is 0 Å². The molecule has 14 heavy (non-hydrogen) atoms. The molecule has 3 rings (SSSR count). The van der Waals surface area contributed by atoms with Crippen LogP contribution in [0.25, 0.3) is 0 Å². The highest BCUT2D eigenvalue weighted by Crippen LogP contribution is 2.62. The first-order chi connectivity index (χ1) is 6.33. The molecule has 0 saturated heterocycles. The van der Waals surface area contributed by atoms with Crippen molar-refractivity contribution in [3.05, 3.63) is 0 Å². The lowest BCUT2D eigenvalue weighted by atomic mass is 9.46. The van der Waals surface area contributed by atoms with Gasteiger partial charge in [-0.15, -0.1) is 0 Å². The predicted molar refractivity (Wildman–Crippen MR) is 59.2 cm³/mol. The molecule has 0 heterocycles. The summed E-state index contributed by atoms with van der Waals surface area (Å²) >= 11 is 0. The molecule has 0 aromatic carbocycles. The summed E-state index contributed by atoms with van der Waals surface area (Å²) in [6.07, 6.45) is 4.37. The summed E-state index contributed by atoms with van der Waals surface area (Å²) in [7, 11) is 0. The smallest absolute Gasteiger partial charge is 0.0663 e. The van der Waals surface area contributed by atoms with Crippen molar-refractivity contribution < 1.29 is 4.74 Å². The molecule has 3 atom stereocenters. The van der Waals surface area contributed by atoms with Gasteiger partial charge in [-0.25, -0.2) is 0 Å². The van der Waals surface area contributed by atoms with Crippen molar-refractivity contribution in [2.24, 2.45) is 17.3 Å². The van der Waals surface area contributed by atoms with Gasteiger partial charge in [0.25, 0.3) is 0 Å². The number of ether oxygens (including phenoxy) is 1. The molecule has 3 aliphatic rings. The second-order valence-corrected chi connectivity index (χ2v) is 6.48.